The van der Waals surface area contributed by atoms with E-state index >= 15 is 0 Å². The van der Waals surface area contributed by atoms with Crippen LogP contribution in [0.5, 0.6) is 0 Å². The van der Waals surface area contributed by atoms with E-state index in [1.807, 2.05) is 24.3 Å². The molecule has 0 atom stereocenters. The van der Waals surface area contributed by atoms with E-state index in [-0.39, 0.29) is 0 Å². The molecule has 0 bridgehead atoms. The molecule has 0 aliphatic heterocycles. The van der Waals surface area contributed by atoms with Crippen molar-refractivity contribution in [2.45, 2.75) is 0 Å². The molecule has 0 spiro atoms. The second kappa shape index (κ2) is 21.5. The second-order valence-electron chi connectivity index (χ2n) is 10.0. The Morgan fingerprint density at radius 1 is 0.551 bits per heavy atom. The van der Waals surface area contributed by atoms with Crippen LogP contribution in [0.1, 0.15) is 12.5 Å². The van der Waals surface area contributed by atoms with Crippen LogP contribution in [0.2, 0.25) is 0 Å². The molecule has 0 fully saturated rings. The first-order valence-corrected chi connectivity index (χ1v) is 16.9. The molecule has 0 aliphatic rings. The zero-order valence-corrected chi connectivity index (χ0v) is 30.9. The molecule has 0 aliphatic carbocycles. The van der Waals surface area contributed by atoms with Gasteiger partial charge in [-0.05, 0) is 108 Å². The van der Waals surface area contributed by atoms with Crippen LogP contribution in [0.3, 0.4) is 0 Å². The molecule has 1 radical (unpaired) electrons. The Labute approximate surface area is 314 Å². The standard InChI is InChI=1S/C20H15Br2N.C20H17N.CH3F.BHNS/c1-2-15-3-9-18(10-4-15)23(19-11-5-16(21)6-12-19)20-13-7-17(22)8-14-20;1-2-17-13-15-20(16-14-17)21(18-9-5-3-6-10-18)19-11-7-4-8-12-19;1-2;1-2-3/h2-14H,1H2;2-16H,1H2;1H3;3H/i;;1D;. The third kappa shape index (κ3) is 11.9. The Morgan fingerprint density at radius 3 is 1.02 bits per heavy atom. The minimum absolute atomic E-state index is 1.00. The fourth-order valence-electron chi connectivity index (χ4n) is 4.75. The number of nitrogens with zero attached hydrogens (tertiary/aromatic N) is 3. The van der Waals surface area contributed by atoms with Gasteiger partial charge in [-0.3, -0.25) is 4.39 Å². The van der Waals surface area contributed by atoms with E-state index in [4.69, 9.17) is 1.37 Å². The second-order valence-corrected chi connectivity index (χ2v) is 12.1. The van der Waals surface area contributed by atoms with Crippen LogP contribution >= 0.6 is 44.7 Å². The van der Waals surface area contributed by atoms with E-state index in [0.29, 0.717) is 0 Å². The number of thiol groups is 1. The maximum atomic E-state index is 9.96. The Kier molecular flexibility index (Phi) is 16.4. The Balaban J connectivity index is 0.000000235. The van der Waals surface area contributed by atoms with Gasteiger partial charge in [-0.1, -0.05) is 118 Å². The number of para-hydroxylation sites is 2. The first kappa shape index (κ1) is 37.3. The van der Waals surface area contributed by atoms with Gasteiger partial charge in [-0.15, -0.1) is 0 Å². The summed E-state index contributed by atoms with van der Waals surface area (Å²) < 4.78 is 20.3. The molecule has 8 heteroatoms. The van der Waals surface area contributed by atoms with Crippen LogP contribution in [-0.4, -0.2) is 14.8 Å². The van der Waals surface area contributed by atoms with Crippen molar-refractivity contribution in [2.75, 3.05) is 17.0 Å². The van der Waals surface area contributed by atoms with Gasteiger partial charge in [0.1, 0.15) is 0 Å². The maximum absolute atomic E-state index is 9.96. The van der Waals surface area contributed by atoms with E-state index in [1.165, 1.54) is 0 Å². The number of anilines is 6. The summed E-state index contributed by atoms with van der Waals surface area (Å²) in [5, 5.41) is 0. The summed E-state index contributed by atoms with van der Waals surface area (Å²) in [6.45, 7) is 7.63. The van der Waals surface area contributed by atoms with Crippen LogP contribution in [0.25, 0.3) is 12.2 Å². The molecular formula is C41H36BBr2FN3S. The zero-order valence-electron chi connectivity index (χ0n) is 27.8. The number of alkyl halides is 1. The number of benzene rings is 6. The van der Waals surface area contributed by atoms with Crippen molar-refractivity contribution in [3.63, 3.8) is 0 Å². The van der Waals surface area contributed by atoms with Crippen LogP contribution in [0.15, 0.2) is 184 Å². The third-order valence-corrected chi connectivity index (χ3v) is 8.03. The van der Waals surface area contributed by atoms with Gasteiger partial charge in [0, 0.05) is 43.1 Å². The number of hydrogen-bond donors (Lipinski definition) is 1. The summed E-state index contributed by atoms with van der Waals surface area (Å²) in [7, 11) is 3.34. The first-order chi connectivity index (χ1) is 24.4. The van der Waals surface area contributed by atoms with E-state index in [0.717, 1.165) is 54.2 Å². The molecule has 6 aromatic carbocycles. The van der Waals surface area contributed by atoms with Gasteiger partial charge < -0.3 is 9.80 Å². The normalized spacial score (nSPS) is 9.82. The van der Waals surface area contributed by atoms with Gasteiger partial charge in [0.25, 0.3) is 0 Å². The molecule has 0 amide bonds. The van der Waals surface area contributed by atoms with Crippen molar-refractivity contribution in [1.82, 2.24) is 0 Å². The van der Waals surface area contributed by atoms with Crippen molar-refractivity contribution in [3.8, 4) is 0 Å². The predicted octanol–water partition coefficient (Wildman–Crippen LogP) is 13.9. The average molecular weight is 793 g/mol. The molecule has 0 heterocycles. The number of rotatable bonds is 8. The monoisotopic (exact) mass is 791 g/mol. The van der Waals surface area contributed by atoms with E-state index in [9.17, 15) is 4.39 Å². The Hall–Kier alpha value is -4.50. The van der Waals surface area contributed by atoms with Gasteiger partial charge in [0.15, 0.2) is 0 Å². The molecule has 49 heavy (non-hydrogen) atoms. The zero-order chi connectivity index (χ0) is 36.1. The summed E-state index contributed by atoms with van der Waals surface area (Å²) in [6, 6.07) is 54.2. The average Bonchev–Trinajstić information content (AvgIpc) is 3.16. The SMILES string of the molecule is C=Cc1ccc(N(c2ccc(Br)cc2)c2ccc(Br)cc2)cc1.C=Cc1ccc(N(c2ccccc2)c2ccccc2)cc1.[2H]CF.[B]=NS. The third-order valence-electron chi connectivity index (χ3n) is 6.97. The quantitative estimate of drug-likeness (QED) is 0.122. The molecule has 0 unspecified atom stereocenters. The van der Waals surface area contributed by atoms with Crippen molar-refractivity contribution < 1.29 is 5.76 Å². The minimum atomic E-state index is -1.00. The fraction of sp³-hybridized carbons (Fsp3) is 0.0244. The molecule has 6 rings (SSSR count). The molecular weight excluding hydrogens is 756 g/mol. The topological polar surface area (TPSA) is 18.8 Å². The summed E-state index contributed by atoms with van der Waals surface area (Å²) in [4.78, 5) is 4.47. The van der Waals surface area contributed by atoms with Gasteiger partial charge >= 0.3 is 24.8 Å². The van der Waals surface area contributed by atoms with Crippen molar-refractivity contribution in [3.05, 3.63) is 191 Å². The Bertz CT molecular complexity index is 1780. The van der Waals surface area contributed by atoms with Crippen LogP contribution in [0, 0.1) is 0 Å². The molecule has 3 nitrogen and oxygen atoms in total. The van der Waals surface area contributed by atoms with Crippen LogP contribution in [0.4, 0.5) is 38.5 Å². The summed E-state index contributed by atoms with van der Waals surface area (Å²) >= 11 is 10.2. The Morgan fingerprint density at radius 2 is 0.776 bits per heavy atom. The van der Waals surface area contributed by atoms with Gasteiger partial charge in [0.05, 0.1) is 8.52 Å². The van der Waals surface area contributed by atoms with Gasteiger partial charge in [0.2, 0.25) is 0 Å². The molecule has 0 aromatic heterocycles. The summed E-state index contributed by atoms with van der Waals surface area (Å²) in [6.07, 6.45) is 3.71. The van der Waals surface area contributed by atoms with E-state index < -0.39 is 7.15 Å². The van der Waals surface area contributed by atoms with Crippen molar-refractivity contribution in [1.29, 1.82) is 0 Å². The molecule has 0 N–H and O–H groups in total. The fourth-order valence-corrected chi connectivity index (χ4v) is 5.28. The van der Waals surface area contributed by atoms with Gasteiger partial charge in [-0.2, -0.15) is 0 Å². The molecule has 245 valence electrons. The molecule has 0 saturated carbocycles. The van der Waals surface area contributed by atoms with Gasteiger partial charge in [-0.25, -0.2) is 0 Å². The van der Waals surface area contributed by atoms with Crippen molar-refractivity contribution in [2.24, 2.45) is 4.30 Å². The molecule has 0 saturated heterocycles. The first-order valence-electron chi connectivity index (χ1n) is 15.7. The summed E-state index contributed by atoms with van der Waals surface area (Å²) in [5.74, 6) is 0. The van der Waals surface area contributed by atoms with Crippen molar-refractivity contribution >= 4 is 98.6 Å². The molecule has 6 aromatic rings. The number of halogens is 3. The number of hydrogen-bond acceptors (Lipinski definition) is 4. The van der Waals surface area contributed by atoms with Crippen LogP contribution < -0.4 is 9.80 Å². The predicted molar refractivity (Wildman–Crippen MR) is 222 cm³/mol. The van der Waals surface area contributed by atoms with E-state index in [1.54, 1.807) is 0 Å². The summed E-state index contributed by atoms with van der Waals surface area (Å²) in [5.41, 5.74) is 9.01. The van der Waals surface area contributed by atoms with E-state index in [2.05, 4.69) is 225 Å². The van der Waals surface area contributed by atoms with Crippen LogP contribution in [-0.2, 0) is 0 Å².